The third-order valence-electron chi connectivity index (χ3n) is 2.50. The van der Waals surface area contributed by atoms with Crippen molar-refractivity contribution < 1.29 is 14.7 Å². The number of carboxylic acid groups (broad SMARTS) is 1. The minimum atomic E-state index is -1.06. The van der Waals surface area contributed by atoms with E-state index in [1.807, 2.05) is 0 Å². The van der Waals surface area contributed by atoms with Crippen LogP contribution >= 0.6 is 0 Å². The second-order valence-corrected chi connectivity index (χ2v) is 3.93. The molecule has 0 bridgehead atoms. The molecule has 0 unspecified atom stereocenters. The van der Waals surface area contributed by atoms with E-state index in [1.165, 1.54) is 0 Å². The Morgan fingerprint density at radius 2 is 2.00 bits per heavy atom. The van der Waals surface area contributed by atoms with Crippen LogP contribution in [0.4, 0.5) is 0 Å². The molecule has 0 spiro atoms. The number of carbonyl (C=O) groups is 2. The number of amides is 1. The van der Waals surface area contributed by atoms with Gasteiger partial charge in [-0.05, 0) is 18.4 Å². The molecular weight excluding hydrogens is 230 g/mol. The highest BCUT2D eigenvalue weighted by atomic mass is 16.4. The molecule has 0 fully saturated rings. The van der Waals surface area contributed by atoms with Crippen molar-refractivity contribution in [2.75, 3.05) is 0 Å². The second-order valence-electron chi connectivity index (χ2n) is 3.93. The quantitative estimate of drug-likeness (QED) is 0.574. The van der Waals surface area contributed by atoms with Gasteiger partial charge in [-0.1, -0.05) is 36.4 Å². The van der Waals surface area contributed by atoms with Gasteiger partial charge in [0.2, 0.25) is 5.91 Å². The molecule has 0 saturated heterocycles. The maximum absolute atomic E-state index is 11.6. The fourth-order valence-electron chi connectivity index (χ4n) is 1.57. The Hall–Kier alpha value is -2.10. The molecule has 0 aliphatic rings. The van der Waals surface area contributed by atoms with Gasteiger partial charge in [0.1, 0.15) is 0 Å². The van der Waals surface area contributed by atoms with E-state index in [2.05, 4.69) is 11.9 Å². The number of carbonyl (C=O) groups excluding carboxylic acids is 1. The second kappa shape index (κ2) is 7.27. The topological polar surface area (TPSA) is 66.4 Å². The summed E-state index contributed by atoms with van der Waals surface area (Å²) in [6.45, 7) is 3.57. The zero-order chi connectivity index (χ0) is 13.4. The molecular formula is C14H17NO3. The van der Waals surface area contributed by atoms with E-state index < -0.39 is 12.0 Å². The van der Waals surface area contributed by atoms with Crippen LogP contribution in [0, 0.1) is 0 Å². The monoisotopic (exact) mass is 247 g/mol. The van der Waals surface area contributed by atoms with E-state index in [0.717, 1.165) is 6.42 Å². The van der Waals surface area contributed by atoms with Gasteiger partial charge >= 0.3 is 5.97 Å². The number of unbranched alkanes of at least 4 members (excludes halogenated alkanes) is 1. The first-order valence-corrected chi connectivity index (χ1v) is 5.83. The average Bonchev–Trinajstić information content (AvgIpc) is 2.37. The highest BCUT2D eigenvalue weighted by Crippen LogP contribution is 2.13. The SMILES string of the molecule is C=CCCCC(=O)N[C@H](C(=O)O)c1ccccc1. The molecule has 1 aromatic rings. The Balaban J connectivity index is 2.62. The van der Waals surface area contributed by atoms with E-state index in [9.17, 15) is 9.59 Å². The summed E-state index contributed by atoms with van der Waals surface area (Å²) in [5.74, 6) is -1.31. The molecule has 96 valence electrons. The van der Waals surface area contributed by atoms with Crippen LogP contribution in [0.15, 0.2) is 43.0 Å². The van der Waals surface area contributed by atoms with Crippen LogP contribution in [-0.4, -0.2) is 17.0 Å². The van der Waals surface area contributed by atoms with Gasteiger partial charge in [-0.3, -0.25) is 4.79 Å². The molecule has 1 amide bonds. The number of allylic oxidation sites excluding steroid dienone is 1. The highest BCUT2D eigenvalue weighted by Gasteiger charge is 2.21. The fraction of sp³-hybridized carbons (Fsp3) is 0.286. The first-order chi connectivity index (χ1) is 8.65. The Bertz CT molecular complexity index is 414. The summed E-state index contributed by atoms with van der Waals surface area (Å²) >= 11 is 0. The minimum absolute atomic E-state index is 0.256. The van der Waals surface area contributed by atoms with Crippen molar-refractivity contribution in [2.24, 2.45) is 0 Å². The lowest BCUT2D eigenvalue weighted by atomic mass is 10.1. The van der Waals surface area contributed by atoms with E-state index in [4.69, 9.17) is 5.11 Å². The molecule has 0 saturated carbocycles. The third kappa shape index (κ3) is 4.41. The van der Waals surface area contributed by atoms with Crippen molar-refractivity contribution in [3.63, 3.8) is 0 Å². The van der Waals surface area contributed by atoms with Crippen LogP contribution in [0.2, 0.25) is 0 Å². The maximum Gasteiger partial charge on any atom is 0.330 e. The fourth-order valence-corrected chi connectivity index (χ4v) is 1.57. The zero-order valence-corrected chi connectivity index (χ0v) is 10.1. The lowest BCUT2D eigenvalue weighted by Gasteiger charge is -2.14. The first kappa shape index (κ1) is 14.0. The van der Waals surface area contributed by atoms with Crippen molar-refractivity contribution >= 4 is 11.9 Å². The van der Waals surface area contributed by atoms with Gasteiger partial charge in [0, 0.05) is 6.42 Å². The standard InChI is InChI=1S/C14H17NO3/c1-2-3-5-10-12(16)15-13(14(17)18)11-8-6-4-7-9-11/h2,4,6-9,13H,1,3,5,10H2,(H,15,16)(H,17,18)/t13-/m0/s1. The Kier molecular flexibility index (Phi) is 5.64. The van der Waals surface area contributed by atoms with Crippen molar-refractivity contribution in [3.8, 4) is 0 Å². The lowest BCUT2D eigenvalue weighted by Crippen LogP contribution is -2.33. The number of hydrogen-bond donors (Lipinski definition) is 2. The van der Waals surface area contributed by atoms with Gasteiger partial charge in [-0.15, -0.1) is 6.58 Å². The molecule has 0 heterocycles. The van der Waals surface area contributed by atoms with E-state index in [1.54, 1.807) is 36.4 Å². The highest BCUT2D eigenvalue weighted by molar-refractivity contribution is 5.84. The number of aliphatic carboxylic acids is 1. The van der Waals surface area contributed by atoms with Gasteiger partial charge in [0.25, 0.3) is 0 Å². The molecule has 0 aliphatic heterocycles. The number of nitrogens with one attached hydrogen (secondary N) is 1. The molecule has 2 N–H and O–H groups in total. The van der Waals surface area contributed by atoms with Crippen LogP contribution in [0.3, 0.4) is 0 Å². The Labute approximate surface area is 106 Å². The largest absolute Gasteiger partial charge is 0.479 e. The van der Waals surface area contributed by atoms with Gasteiger partial charge in [0.15, 0.2) is 6.04 Å². The number of hydrogen-bond acceptors (Lipinski definition) is 2. The van der Waals surface area contributed by atoms with Crippen LogP contribution in [0.25, 0.3) is 0 Å². The molecule has 0 radical (unpaired) electrons. The van der Waals surface area contributed by atoms with Gasteiger partial charge in [0.05, 0.1) is 0 Å². The molecule has 4 nitrogen and oxygen atoms in total. The molecule has 1 atom stereocenters. The number of benzene rings is 1. The number of rotatable bonds is 7. The molecule has 0 aromatic heterocycles. The van der Waals surface area contributed by atoms with Gasteiger partial charge < -0.3 is 10.4 Å². The lowest BCUT2D eigenvalue weighted by molar-refractivity contribution is -0.142. The van der Waals surface area contributed by atoms with Crippen molar-refractivity contribution in [3.05, 3.63) is 48.6 Å². The molecule has 1 aromatic carbocycles. The smallest absolute Gasteiger partial charge is 0.330 e. The van der Waals surface area contributed by atoms with E-state index in [-0.39, 0.29) is 5.91 Å². The van der Waals surface area contributed by atoms with Gasteiger partial charge in [-0.2, -0.15) is 0 Å². The predicted octanol–water partition coefficient (Wildman–Crippen LogP) is 2.28. The average molecular weight is 247 g/mol. The van der Waals surface area contributed by atoms with Crippen LogP contribution < -0.4 is 5.32 Å². The Morgan fingerprint density at radius 3 is 2.56 bits per heavy atom. The predicted molar refractivity (Wildman–Crippen MR) is 69.0 cm³/mol. The summed E-state index contributed by atoms with van der Waals surface area (Å²) in [5.41, 5.74) is 0.571. The molecule has 4 heteroatoms. The summed E-state index contributed by atoms with van der Waals surface area (Å²) in [4.78, 5) is 22.7. The van der Waals surface area contributed by atoms with E-state index in [0.29, 0.717) is 18.4 Å². The normalized spacial score (nSPS) is 11.6. The van der Waals surface area contributed by atoms with Gasteiger partial charge in [-0.25, -0.2) is 4.79 Å². The van der Waals surface area contributed by atoms with Crippen molar-refractivity contribution in [2.45, 2.75) is 25.3 Å². The number of carboxylic acids is 1. The summed E-state index contributed by atoms with van der Waals surface area (Å²) in [7, 11) is 0. The summed E-state index contributed by atoms with van der Waals surface area (Å²) in [5, 5.41) is 11.6. The maximum atomic E-state index is 11.6. The van der Waals surface area contributed by atoms with Crippen LogP contribution in [-0.2, 0) is 9.59 Å². The summed E-state index contributed by atoms with van der Waals surface area (Å²) in [6.07, 6.45) is 3.47. The molecule has 0 aliphatic carbocycles. The van der Waals surface area contributed by atoms with Crippen molar-refractivity contribution in [1.29, 1.82) is 0 Å². The summed E-state index contributed by atoms with van der Waals surface area (Å²) < 4.78 is 0. The zero-order valence-electron chi connectivity index (χ0n) is 10.1. The molecule has 18 heavy (non-hydrogen) atoms. The first-order valence-electron chi connectivity index (χ1n) is 5.83. The van der Waals surface area contributed by atoms with Crippen LogP contribution in [0.5, 0.6) is 0 Å². The third-order valence-corrected chi connectivity index (χ3v) is 2.50. The van der Waals surface area contributed by atoms with E-state index >= 15 is 0 Å². The summed E-state index contributed by atoms with van der Waals surface area (Å²) in [6, 6.07) is 7.67. The molecule has 1 rings (SSSR count). The minimum Gasteiger partial charge on any atom is -0.479 e. The Morgan fingerprint density at radius 1 is 1.33 bits per heavy atom. The van der Waals surface area contributed by atoms with Crippen LogP contribution in [0.1, 0.15) is 30.9 Å². The van der Waals surface area contributed by atoms with Crippen molar-refractivity contribution in [1.82, 2.24) is 5.32 Å².